The van der Waals surface area contributed by atoms with E-state index in [1.807, 2.05) is 24.3 Å². The van der Waals surface area contributed by atoms with E-state index in [1.54, 1.807) is 16.3 Å². The minimum absolute atomic E-state index is 0.0520. The zero-order valence-electron chi connectivity index (χ0n) is 17.8. The first-order valence-corrected chi connectivity index (χ1v) is 11.5. The van der Waals surface area contributed by atoms with Crippen LogP contribution in [0, 0.1) is 5.82 Å². The molecule has 4 rings (SSSR count). The zero-order valence-corrected chi connectivity index (χ0v) is 18.7. The summed E-state index contributed by atoms with van der Waals surface area (Å²) in [5, 5.41) is 7.39. The van der Waals surface area contributed by atoms with Gasteiger partial charge in [-0.05, 0) is 42.7 Å². The Labute approximate surface area is 194 Å². The van der Waals surface area contributed by atoms with E-state index in [9.17, 15) is 18.8 Å². The average molecular weight is 467 g/mol. The van der Waals surface area contributed by atoms with Crippen molar-refractivity contribution in [2.75, 3.05) is 16.8 Å². The number of hydrogen-bond acceptors (Lipinski definition) is 5. The number of hydrogen-bond donors (Lipinski definition) is 2. The molecule has 33 heavy (non-hydrogen) atoms. The van der Waals surface area contributed by atoms with Gasteiger partial charge in [-0.3, -0.25) is 19.7 Å². The highest BCUT2D eigenvalue weighted by Gasteiger charge is 2.19. The van der Waals surface area contributed by atoms with Crippen molar-refractivity contribution in [3.05, 3.63) is 76.5 Å². The van der Waals surface area contributed by atoms with Gasteiger partial charge in [-0.2, -0.15) is 0 Å². The normalized spacial score (nSPS) is 13.6. The van der Waals surface area contributed by atoms with Crippen LogP contribution in [0.2, 0.25) is 0 Å². The Morgan fingerprint density at radius 1 is 1.12 bits per heavy atom. The number of carbonyl (C=O) groups is 3. The van der Waals surface area contributed by atoms with Crippen LogP contribution in [0.3, 0.4) is 0 Å². The number of anilines is 2. The lowest BCUT2D eigenvalue weighted by atomic mass is 10.1. The van der Waals surface area contributed by atoms with Gasteiger partial charge in [0.1, 0.15) is 5.82 Å². The van der Waals surface area contributed by atoms with E-state index in [0.29, 0.717) is 30.3 Å². The summed E-state index contributed by atoms with van der Waals surface area (Å²) in [7, 11) is 0. The quantitative estimate of drug-likeness (QED) is 0.552. The van der Waals surface area contributed by atoms with Gasteiger partial charge in [0, 0.05) is 30.6 Å². The van der Waals surface area contributed by atoms with Crippen LogP contribution in [0.4, 0.5) is 15.2 Å². The summed E-state index contributed by atoms with van der Waals surface area (Å²) >= 11 is 1.17. The van der Waals surface area contributed by atoms with Crippen LogP contribution in [0.15, 0.2) is 53.9 Å². The molecule has 1 fully saturated rings. The number of piperidine rings is 1. The third kappa shape index (κ3) is 5.81. The molecule has 0 saturated carbocycles. The molecule has 0 unspecified atom stereocenters. The third-order valence-electron chi connectivity index (χ3n) is 5.27. The van der Waals surface area contributed by atoms with E-state index in [-0.39, 0.29) is 23.8 Å². The highest BCUT2D eigenvalue weighted by molar-refractivity contribution is 7.14. The van der Waals surface area contributed by atoms with Crippen LogP contribution >= 0.6 is 11.3 Å². The Balaban J connectivity index is 1.30. The number of halogens is 1. The number of carbonyl (C=O) groups excluding carboxylic acids is 3. The molecular weight excluding hydrogens is 443 g/mol. The van der Waals surface area contributed by atoms with Gasteiger partial charge in [0.2, 0.25) is 11.8 Å². The van der Waals surface area contributed by atoms with Crippen molar-refractivity contribution in [3.8, 4) is 0 Å². The summed E-state index contributed by atoms with van der Waals surface area (Å²) in [5.41, 5.74) is 2.19. The van der Waals surface area contributed by atoms with Crippen molar-refractivity contribution in [1.82, 2.24) is 10.3 Å². The minimum Gasteiger partial charge on any atom is -0.352 e. The second kappa shape index (κ2) is 10.4. The number of nitrogens with one attached hydrogen (secondary N) is 2. The average Bonchev–Trinajstić information content (AvgIpc) is 3.25. The lowest BCUT2D eigenvalue weighted by Crippen LogP contribution is -2.35. The second-order valence-electron chi connectivity index (χ2n) is 7.70. The Morgan fingerprint density at radius 2 is 1.97 bits per heavy atom. The molecule has 2 aromatic carbocycles. The molecule has 1 aliphatic heterocycles. The molecule has 7 nitrogen and oxygen atoms in total. The fourth-order valence-corrected chi connectivity index (χ4v) is 4.30. The highest BCUT2D eigenvalue weighted by Crippen LogP contribution is 2.22. The number of thiazole rings is 1. The summed E-state index contributed by atoms with van der Waals surface area (Å²) in [6.45, 7) is 1.05. The van der Waals surface area contributed by atoms with Crippen LogP contribution in [0.1, 0.15) is 40.9 Å². The number of nitrogens with zero attached hydrogens (tertiary/aromatic N) is 2. The summed E-state index contributed by atoms with van der Waals surface area (Å²) in [6, 6.07) is 13.3. The lowest BCUT2D eigenvalue weighted by Gasteiger charge is -2.27. The van der Waals surface area contributed by atoms with Gasteiger partial charge in [-0.25, -0.2) is 9.37 Å². The minimum atomic E-state index is -0.611. The molecule has 1 aliphatic rings. The van der Waals surface area contributed by atoms with Crippen LogP contribution in [-0.2, 0) is 22.6 Å². The molecule has 1 saturated heterocycles. The van der Waals surface area contributed by atoms with Crippen molar-refractivity contribution in [1.29, 1.82) is 0 Å². The smallest absolute Gasteiger partial charge is 0.260 e. The molecule has 0 aliphatic carbocycles. The number of rotatable bonds is 7. The van der Waals surface area contributed by atoms with Crippen molar-refractivity contribution in [2.45, 2.75) is 32.2 Å². The first-order chi connectivity index (χ1) is 16.0. The van der Waals surface area contributed by atoms with Gasteiger partial charge in [0.15, 0.2) is 5.13 Å². The summed E-state index contributed by atoms with van der Waals surface area (Å²) < 4.78 is 13.7. The van der Waals surface area contributed by atoms with Crippen LogP contribution < -0.4 is 15.5 Å². The number of aromatic nitrogens is 1. The molecule has 0 atom stereocenters. The van der Waals surface area contributed by atoms with Crippen LogP contribution in [0.5, 0.6) is 0 Å². The molecule has 2 heterocycles. The van der Waals surface area contributed by atoms with E-state index in [2.05, 4.69) is 15.6 Å². The van der Waals surface area contributed by atoms with Crippen molar-refractivity contribution in [2.24, 2.45) is 0 Å². The van der Waals surface area contributed by atoms with Gasteiger partial charge in [-0.15, -0.1) is 11.3 Å². The van der Waals surface area contributed by atoms with Crippen LogP contribution in [-0.4, -0.2) is 29.3 Å². The molecule has 0 bridgehead atoms. The fraction of sp³-hybridized carbons (Fsp3) is 0.250. The maximum atomic E-state index is 13.7. The summed E-state index contributed by atoms with van der Waals surface area (Å²) in [6.07, 6.45) is 2.53. The monoisotopic (exact) mass is 466 g/mol. The van der Waals surface area contributed by atoms with Gasteiger partial charge >= 0.3 is 0 Å². The van der Waals surface area contributed by atoms with E-state index in [1.165, 1.54) is 29.5 Å². The lowest BCUT2D eigenvalue weighted by molar-refractivity contribution is -0.121. The predicted molar refractivity (Wildman–Crippen MR) is 125 cm³/mol. The van der Waals surface area contributed by atoms with E-state index in [4.69, 9.17) is 0 Å². The molecule has 3 amide bonds. The van der Waals surface area contributed by atoms with E-state index >= 15 is 0 Å². The molecule has 1 aromatic heterocycles. The first kappa shape index (κ1) is 22.6. The van der Waals surface area contributed by atoms with Crippen LogP contribution in [0.25, 0.3) is 0 Å². The third-order valence-corrected chi connectivity index (χ3v) is 6.07. The van der Waals surface area contributed by atoms with Crippen molar-refractivity contribution < 1.29 is 18.8 Å². The topological polar surface area (TPSA) is 91.4 Å². The molecule has 2 N–H and O–H groups in total. The van der Waals surface area contributed by atoms with Crippen molar-refractivity contribution >= 4 is 39.9 Å². The summed E-state index contributed by atoms with van der Waals surface area (Å²) in [4.78, 5) is 42.8. The van der Waals surface area contributed by atoms with Crippen molar-refractivity contribution in [3.63, 3.8) is 0 Å². The van der Waals surface area contributed by atoms with Gasteiger partial charge in [0.05, 0.1) is 17.7 Å². The number of amides is 3. The molecule has 0 spiro atoms. The second-order valence-corrected chi connectivity index (χ2v) is 8.56. The standard InChI is InChI=1S/C24H23FN4O3S/c25-20-9-2-1-8-19(20)23(32)28-24-27-17(15-33-24)13-21(30)26-14-16-6-5-7-18(12-16)29-11-4-3-10-22(29)31/h1-2,5-9,12,15H,3-4,10-11,13-14H2,(H,26,30)(H,27,28,32). The Bertz CT molecular complexity index is 1180. The zero-order chi connectivity index (χ0) is 23.2. The molecule has 0 radical (unpaired) electrons. The Kier molecular flexibility index (Phi) is 7.09. The Hall–Kier alpha value is -3.59. The maximum Gasteiger partial charge on any atom is 0.260 e. The molecule has 3 aromatic rings. The van der Waals surface area contributed by atoms with Gasteiger partial charge in [-0.1, -0.05) is 24.3 Å². The van der Waals surface area contributed by atoms with Gasteiger partial charge < -0.3 is 10.2 Å². The largest absolute Gasteiger partial charge is 0.352 e. The fourth-order valence-electron chi connectivity index (χ4n) is 3.60. The predicted octanol–water partition coefficient (Wildman–Crippen LogP) is 3.91. The molecular formula is C24H23FN4O3S. The van der Waals surface area contributed by atoms with Gasteiger partial charge in [0.25, 0.3) is 5.91 Å². The van der Waals surface area contributed by atoms with E-state index in [0.717, 1.165) is 24.1 Å². The molecule has 9 heteroatoms. The summed E-state index contributed by atoms with van der Waals surface area (Å²) in [5.74, 6) is -1.29. The maximum absolute atomic E-state index is 13.7. The first-order valence-electron chi connectivity index (χ1n) is 10.7. The SMILES string of the molecule is O=C(Cc1csc(NC(=O)c2ccccc2F)n1)NCc1cccc(N2CCCCC2=O)c1. The highest BCUT2D eigenvalue weighted by atomic mass is 32.1. The van der Waals surface area contributed by atoms with E-state index < -0.39 is 11.7 Å². The molecule has 170 valence electrons. The number of benzene rings is 2. The Morgan fingerprint density at radius 3 is 2.79 bits per heavy atom.